The molecule has 0 aromatic heterocycles. The fraction of sp³-hybridized carbons (Fsp3) is 0.536. The zero-order chi connectivity index (χ0) is 27.2. The summed E-state index contributed by atoms with van der Waals surface area (Å²) in [5, 5.41) is 10.1. The van der Waals surface area contributed by atoms with Crippen molar-refractivity contribution < 1.29 is 24.2 Å². The fourth-order valence-electron chi connectivity index (χ4n) is 6.32. The summed E-state index contributed by atoms with van der Waals surface area (Å²) in [4.78, 5) is 46.6. The van der Waals surface area contributed by atoms with Crippen LogP contribution in [0.15, 0.2) is 43.5 Å². The van der Waals surface area contributed by atoms with Gasteiger partial charge in [0.15, 0.2) is 0 Å². The normalized spacial score (nSPS) is 30.7. The molecule has 3 heterocycles. The Morgan fingerprint density at radius 3 is 2.57 bits per heavy atom. The summed E-state index contributed by atoms with van der Waals surface area (Å²) < 4.78 is 6.57. The number of anilines is 1. The second-order valence-electron chi connectivity index (χ2n) is 10.5. The molecular formula is C28H36BrN3O5. The van der Waals surface area contributed by atoms with E-state index in [2.05, 4.69) is 29.1 Å². The minimum atomic E-state index is -1.19. The quantitative estimate of drug-likeness (QED) is 0.362. The zero-order valence-corrected chi connectivity index (χ0v) is 23.5. The van der Waals surface area contributed by atoms with Gasteiger partial charge in [-0.05, 0) is 44.4 Å². The molecule has 0 radical (unpaired) electrons. The molecule has 4 rings (SSSR count). The number of likely N-dealkylation sites (N-methyl/N-ethyl adjacent to an activating group) is 1. The first kappa shape index (κ1) is 27.5. The highest BCUT2D eigenvalue weighted by Gasteiger charge is 2.77. The molecule has 0 aliphatic carbocycles. The van der Waals surface area contributed by atoms with E-state index in [4.69, 9.17) is 4.74 Å². The van der Waals surface area contributed by atoms with Crippen molar-refractivity contribution in [2.75, 3.05) is 31.6 Å². The molecule has 1 spiro atoms. The second-order valence-corrected chi connectivity index (χ2v) is 11.7. The number of halogens is 1. The Kier molecular flexibility index (Phi) is 7.70. The topological polar surface area (TPSA) is 90.4 Å². The maximum absolute atomic E-state index is 14.5. The van der Waals surface area contributed by atoms with Crippen molar-refractivity contribution in [1.29, 1.82) is 0 Å². The lowest BCUT2D eigenvalue weighted by molar-refractivity contribution is -0.146. The van der Waals surface area contributed by atoms with Gasteiger partial charge in [-0.1, -0.05) is 40.2 Å². The summed E-state index contributed by atoms with van der Waals surface area (Å²) in [6, 6.07) is 4.25. The van der Waals surface area contributed by atoms with Crippen LogP contribution >= 0.6 is 15.9 Å². The van der Waals surface area contributed by atoms with E-state index in [1.807, 2.05) is 32.0 Å². The van der Waals surface area contributed by atoms with Crippen molar-refractivity contribution in [3.63, 3.8) is 0 Å². The van der Waals surface area contributed by atoms with Crippen LogP contribution in [0.3, 0.4) is 0 Å². The number of aliphatic hydroxyl groups is 1. The van der Waals surface area contributed by atoms with Crippen molar-refractivity contribution in [3.8, 4) is 0 Å². The van der Waals surface area contributed by atoms with Gasteiger partial charge in [-0.15, -0.1) is 13.2 Å². The summed E-state index contributed by atoms with van der Waals surface area (Å²) in [5.74, 6) is -2.41. The first-order valence-corrected chi connectivity index (χ1v) is 13.6. The molecule has 1 N–H and O–H groups in total. The molecule has 0 saturated carbocycles. The lowest BCUT2D eigenvalue weighted by Gasteiger charge is -2.39. The minimum Gasteiger partial charge on any atom is -0.394 e. The average molecular weight is 575 g/mol. The molecule has 1 aromatic rings. The highest BCUT2D eigenvalue weighted by atomic mass is 79.9. The van der Waals surface area contributed by atoms with Crippen LogP contribution in [0.4, 0.5) is 5.69 Å². The van der Waals surface area contributed by atoms with E-state index in [0.29, 0.717) is 13.0 Å². The lowest BCUT2D eigenvalue weighted by atomic mass is 9.70. The zero-order valence-electron chi connectivity index (χ0n) is 21.9. The number of benzene rings is 1. The Hall–Kier alpha value is -2.49. The van der Waals surface area contributed by atoms with Crippen LogP contribution < -0.4 is 4.90 Å². The standard InChI is InChI=1S/C28H36BrN3O5/c1-7-11-30(6)25(34)21-22-26(35)32(18(5)15-33)24(28(22)14-19(29)23(21)37-28)27(36)31(12-8-2)20-13-16(3)9-10-17(20)4/h7-10,13,18-19,21-24,33H,1-2,11-12,14-15H2,3-6H3/t18-,19?,21+,22+,23+,24?,28?/m1/s1. The second kappa shape index (κ2) is 10.3. The number of ether oxygens (including phenoxy) is 1. The molecule has 7 atom stereocenters. The molecule has 9 heteroatoms. The third kappa shape index (κ3) is 4.25. The summed E-state index contributed by atoms with van der Waals surface area (Å²) in [7, 11) is 1.68. The Labute approximate surface area is 227 Å². The van der Waals surface area contributed by atoms with Crippen LogP contribution in [0.5, 0.6) is 0 Å². The molecule has 3 aliphatic rings. The largest absolute Gasteiger partial charge is 0.394 e. The summed E-state index contributed by atoms with van der Waals surface area (Å²) >= 11 is 3.69. The molecule has 2 bridgehead atoms. The summed E-state index contributed by atoms with van der Waals surface area (Å²) in [5.41, 5.74) is 1.45. The number of aliphatic hydroxyl groups excluding tert-OH is 1. The number of hydrogen-bond donors (Lipinski definition) is 1. The van der Waals surface area contributed by atoms with E-state index in [1.54, 1.807) is 31.0 Å². The van der Waals surface area contributed by atoms with Gasteiger partial charge in [0.25, 0.3) is 5.91 Å². The van der Waals surface area contributed by atoms with Crippen molar-refractivity contribution >= 4 is 39.3 Å². The van der Waals surface area contributed by atoms with Crippen LogP contribution in [-0.4, -0.2) is 88.0 Å². The number of hydrogen-bond acceptors (Lipinski definition) is 5. The van der Waals surface area contributed by atoms with Crippen LogP contribution in [-0.2, 0) is 19.1 Å². The van der Waals surface area contributed by atoms with Crippen LogP contribution in [0.1, 0.15) is 24.5 Å². The van der Waals surface area contributed by atoms with Crippen LogP contribution in [0, 0.1) is 25.7 Å². The molecule has 1 aromatic carbocycles. The highest BCUT2D eigenvalue weighted by molar-refractivity contribution is 9.09. The predicted octanol–water partition coefficient (Wildman–Crippen LogP) is 2.60. The molecule has 8 nitrogen and oxygen atoms in total. The van der Waals surface area contributed by atoms with E-state index in [0.717, 1.165) is 16.8 Å². The van der Waals surface area contributed by atoms with Gasteiger partial charge in [0, 0.05) is 30.7 Å². The Balaban J connectivity index is 1.84. The Bertz CT molecular complexity index is 1130. The number of carbonyl (C=O) groups excluding carboxylic acids is 3. The van der Waals surface area contributed by atoms with Crippen molar-refractivity contribution in [3.05, 3.63) is 54.6 Å². The van der Waals surface area contributed by atoms with Gasteiger partial charge in [-0.25, -0.2) is 0 Å². The maximum atomic E-state index is 14.5. The number of aryl methyl sites for hydroxylation is 2. The smallest absolute Gasteiger partial charge is 0.253 e. The first-order valence-electron chi connectivity index (χ1n) is 12.6. The third-order valence-corrected chi connectivity index (χ3v) is 8.84. The monoisotopic (exact) mass is 573 g/mol. The van der Waals surface area contributed by atoms with Gasteiger partial charge >= 0.3 is 0 Å². The Morgan fingerprint density at radius 1 is 1.27 bits per heavy atom. The number of fused-ring (bicyclic) bond motifs is 1. The number of likely N-dealkylation sites (tertiary alicyclic amines) is 1. The van der Waals surface area contributed by atoms with Gasteiger partial charge in [0.2, 0.25) is 11.8 Å². The number of nitrogens with zero attached hydrogens (tertiary/aromatic N) is 3. The fourth-order valence-corrected chi connectivity index (χ4v) is 7.27. The average Bonchev–Trinajstić information content (AvgIpc) is 3.46. The summed E-state index contributed by atoms with van der Waals surface area (Å²) in [6.07, 6.45) is 3.16. The van der Waals surface area contributed by atoms with E-state index in [-0.39, 0.29) is 35.7 Å². The highest BCUT2D eigenvalue weighted by Crippen LogP contribution is 2.60. The molecule has 3 aliphatic heterocycles. The molecule has 3 fully saturated rings. The van der Waals surface area contributed by atoms with Crippen LogP contribution in [0.2, 0.25) is 0 Å². The summed E-state index contributed by atoms with van der Waals surface area (Å²) in [6.45, 7) is 13.4. The molecule has 200 valence electrons. The number of rotatable bonds is 9. The first-order chi connectivity index (χ1) is 17.5. The predicted molar refractivity (Wildman–Crippen MR) is 145 cm³/mol. The number of alkyl halides is 1. The molecule has 3 amide bonds. The van der Waals surface area contributed by atoms with Gasteiger partial charge in [0.1, 0.15) is 11.6 Å². The number of amides is 3. The van der Waals surface area contributed by atoms with Gasteiger partial charge in [-0.2, -0.15) is 0 Å². The molecular weight excluding hydrogens is 538 g/mol. The Morgan fingerprint density at radius 2 is 1.95 bits per heavy atom. The number of carbonyl (C=O) groups is 3. The lowest BCUT2D eigenvalue weighted by Crippen LogP contribution is -2.59. The van der Waals surface area contributed by atoms with E-state index >= 15 is 0 Å². The minimum absolute atomic E-state index is 0.198. The van der Waals surface area contributed by atoms with E-state index in [1.165, 1.54) is 9.80 Å². The third-order valence-electron chi connectivity index (χ3n) is 8.00. The molecule has 3 unspecified atom stereocenters. The van der Waals surface area contributed by atoms with Crippen molar-refractivity contribution in [2.45, 2.75) is 55.8 Å². The van der Waals surface area contributed by atoms with Crippen molar-refractivity contribution in [2.24, 2.45) is 11.8 Å². The van der Waals surface area contributed by atoms with Gasteiger partial charge in [0.05, 0.1) is 30.6 Å². The van der Waals surface area contributed by atoms with Crippen molar-refractivity contribution in [1.82, 2.24) is 9.80 Å². The molecule has 37 heavy (non-hydrogen) atoms. The van der Waals surface area contributed by atoms with E-state index < -0.39 is 35.6 Å². The maximum Gasteiger partial charge on any atom is 0.253 e. The van der Waals surface area contributed by atoms with Gasteiger partial charge < -0.3 is 24.5 Å². The van der Waals surface area contributed by atoms with E-state index in [9.17, 15) is 19.5 Å². The molecule has 3 saturated heterocycles. The SMILES string of the molecule is C=CCN(C)C(=O)[C@H]1[C@H]2C(=O)N([C@H](C)CO)C(C(=O)N(CC=C)c3cc(C)ccc3C)C23CC(Br)[C@@H]1O3. The van der Waals surface area contributed by atoms with Gasteiger partial charge in [-0.3, -0.25) is 14.4 Å². The van der Waals surface area contributed by atoms with Crippen LogP contribution in [0.25, 0.3) is 0 Å².